The van der Waals surface area contributed by atoms with Crippen LogP contribution in [-0.2, 0) is 4.79 Å². The second kappa shape index (κ2) is 8.29. The maximum absolute atomic E-state index is 11.6. The van der Waals surface area contributed by atoms with Gasteiger partial charge < -0.3 is 14.7 Å². The number of carboxylic acid groups (broad SMARTS) is 1. The highest BCUT2D eigenvalue weighted by atomic mass is 79.9. The Balaban J connectivity index is 2.34. The van der Waals surface area contributed by atoms with Gasteiger partial charge in [-0.15, -0.1) is 11.3 Å². The Morgan fingerprint density at radius 2 is 2.17 bits per heavy atom. The molecule has 1 N–H and O–H groups in total. The molecule has 0 saturated heterocycles. The van der Waals surface area contributed by atoms with Gasteiger partial charge in [-0.3, -0.25) is 0 Å². The minimum Gasteiger partial charge on any atom is -0.492 e. The molecule has 0 bridgehead atoms. The predicted molar refractivity (Wildman–Crippen MR) is 98.0 cm³/mol. The fraction of sp³-hybridized carbons (Fsp3) is 0.235. The Kier molecular flexibility index (Phi) is 6.38. The molecule has 0 aliphatic carbocycles. The molecule has 1 aromatic heterocycles. The quantitative estimate of drug-likeness (QED) is 0.717. The van der Waals surface area contributed by atoms with Crippen molar-refractivity contribution in [3.63, 3.8) is 0 Å². The van der Waals surface area contributed by atoms with Gasteiger partial charge in [-0.2, -0.15) is 0 Å². The summed E-state index contributed by atoms with van der Waals surface area (Å²) in [4.78, 5) is 14.3. The molecule has 0 aliphatic rings. The van der Waals surface area contributed by atoms with Crippen molar-refractivity contribution in [2.24, 2.45) is 0 Å². The molecule has 1 heterocycles. The fourth-order valence-corrected chi connectivity index (χ4v) is 3.04. The number of thiophene rings is 1. The maximum Gasteiger partial charge on any atom is 0.337 e. The molecule has 0 saturated carbocycles. The number of hydrogen-bond acceptors (Lipinski definition) is 4. The number of benzene rings is 1. The summed E-state index contributed by atoms with van der Waals surface area (Å²) in [6, 6.07) is 9.23. The lowest BCUT2D eigenvalue weighted by Gasteiger charge is -2.13. The van der Waals surface area contributed by atoms with Crippen LogP contribution in [0.15, 0.2) is 40.2 Å². The minimum absolute atomic E-state index is 0.260. The second-order valence-corrected chi connectivity index (χ2v) is 7.04. The lowest BCUT2D eigenvalue weighted by Crippen LogP contribution is -2.19. The predicted octanol–water partition coefficient (Wildman–Crippen LogP) is 4.08. The Labute approximate surface area is 148 Å². The molecule has 0 amide bonds. The zero-order valence-corrected chi connectivity index (χ0v) is 15.4. The highest BCUT2D eigenvalue weighted by Gasteiger charge is 2.13. The van der Waals surface area contributed by atoms with Crippen molar-refractivity contribution in [2.45, 2.75) is 0 Å². The highest BCUT2D eigenvalue weighted by molar-refractivity contribution is 9.10. The monoisotopic (exact) mass is 395 g/mol. The molecule has 2 rings (SSSR count). The van der Waals surface area contributed by atoms with E-state index in [2.05, 4.69) is 15.9 Å². The molecule has 6 heteroatoms. The number of aliphatic carboxylic acids is 1. The number of carbonyl (C=O) groups is 1. The number of halogens is 1. The van der Waals surface area contributed by atoms with E-state index >= 15 is 0 Å². The largest absolute Gasteiger partial charge is 0.492 e. The molecule has 0 radical (unpaired) electrons. The van der Waals surface area contributed by atoms with Crippen LogP contribution in [0, 0.1) is 0 Å². The lowest BCUT2D eigenvalue weighted by atomic mass is 10.1. The summed E-state index contributed by atoms with van der Waals surface area (Å²) in [7, 11) is 3.95. The molecule has 0 aliphatic heterocycles. The van der Waals surface area contributed by atoms with E-state index < -0.39 is 5.97 Å². The van der Waals surface area contributed by atoms with Crippen LogP contribution in [0.2, 0.25) is 0 Å². The average molecular weight is 396 g/mol. The lowest BCUT2D eigenvalue weighted by molar-refractivity contribution is -0.130. The molecule has 0 unspecified atom stereocenters. The molecule has 1 aromatic carbocycles. The first-order chi connectivity index (χ1) is 11.0. The second-order valence-electron chi connectivity index (χ2n) is 5.17. The number of carboxylic acids is 1. The van der Waals surface area contributed by atoms with Crippen LogP contribution in [0.5, 0.6) is 5.75 Å². The van der Waals surface area contributed by atoms with Crippen molar-refractivity contribution >= 4 is 44.9 Å². The summed E-state index contributed by atoms with van der Waals surface area (Å²) >= 11 is 4.83. The van der Waals surface area contributed by atoms with Crippen LogP contribution >= 0.6 is 27.3 Å². The minimum atomic E-state index is -0.952. The van der Waals surface area contributed by atoms with Gasteiger partial charge in [0.2, 0.25) is 0 Å². The zero-order chi connectivity index (χ0) is 16.8. The molecule has 0 fully saturated rings. The Morgan fingerprint density at radius 3 is 2.78 bits per heavy atom. The van der Waals surface area contributed by atoms with Crippen molar-refractivity contribution in [2.75, 3.05) is 27.2 Å². The van der Waals surface area contributed by atoms with E-state index in [1.807, 2.05) is 48.6 Å². The topological polar surface area (TPSA) is 49.8 Å². The van der Waals surface area contributed by atoms with E-state index in [1.54, 1.807) is 12.1 Å². The van der Waals surface area contributed by atoms with E-state index in [0.29, 0.717) is 12.4 Å². The molecule has 4 nitrogen and oxygen atoms in total. The summed E-state index contributed by atoms with van der Waals surface area (Å²) in [5.41, 5.74) is 1.000. The number of hydrogen-bond donors (Lipinski definition) is 1. The zero-order valence-electron chi connectivity index (χ0n) is 13.0. The number of ether oxygens (including phenoxy) is 1. The molecular formula is C17H18BrNO3S. The summed E-state index contributed by atoms with van der Waals surface area (Å²) < 4.78 is 6.68. The average Bonchev–Trinajstić information content (AvgIpc) is 3.00. The van der Waals surface area contributed by atoms with E-state index in [0.717, 1.165) is 21.5 Å². The van der Waals surface area contributed by atoms with Gasteiger partial charge in [0.15, 0.2) is 0 Å². The van der Waals surface area contributed by atoms with Crippen molar-refractivity contribution in [3.8, 4) is 5.75 Å². The van der Waals surface area contributed by atoms with Gasteiger partial charge in [-0.25, -0.2) is 4.79 Å². The van der Waals surface area contributed by atoms with Gasteiger partial charge in [-0.1, -0.05) is 22.0 Å². The summed E-state index contributed by atoms with van der Waals surface area (Å²) in [5.74, 6) is -0.281. The first-order valence-corrected chi connectivity index (χ1v) is 8.70. The molecule has 0 spiro atoms. The van der Waals surface area contributed by atoms with Crippen molar-refractivity contribution < 1.29 is 14.6 Å². The Morgan fingerprint density at radius 1 is 1.39 bits per heavy atom. The van der Waals surface area contributed by atoms with Crippen molar-refractivity contribution in [1.82, 2.24) is 4.90 Å². The van der Waals surface area contributed by atoms with Crippen molar-refractivity contribution in [1.29, 1.82) is 0 Å². The van der Waals surface area contributed by atoms with Gasteiger partial charge in [0.1, 0.15) is 12.4 Å². The van der Waals surface area contributed by atoms with E-state index in [9.17, 15) is 9.90 Å². The van der Waals surface area contributed by atoms with Crippen LogP contribution in [0.1, 0.15) is 10.4 Å². The van der Waals surface area contributed by atoms with Crippen LogP contribution in [0.4, 0.5) is 0 Å². The van der Waals surface area contributed by atoms with Crippen LogP contribution in [-0.4, -0.2) is 43.2 Å². The number of rotatable bonds is 7. The van der Waals surface area contributed by atoms with E-state index in [-0.39, 0.29) is 5.57 Å². The first-order valence-electron chi connectivity index (χ1n) is 7.03. The van der Waals surface area contributed by atoms with Gasteiger partial charge in [0.05, 0.1) is 5.57 Å². The van der Waals surface area contributed by atoms with Gasteiger partial charge in [-0.05, 0) is 49.8 Å². The third kappa shape index (κ3) is 5.20. The van der Waals surface area contributed by atoms with Gasteiger partial charge in [0, 0.05) is 21.5 Å². The summed E-state index contributed by atoms with van der Waals surface area (Å²) in [5, 5.41) is 11.4. The van der Waals surface area contributed by atoms with E-state index in [4.69, 9.17) is 4.74 Å². The Hall–Kier alpha value is -1.63. The highest BCUT2D eigenvalue weighted by Crippen LogP contribution is 2.29. The van der Waals surface area contributed by atoms with Crippen LogP contribution in [0.3, 0.4) is 0 Å². The van der Waals surface area contributed by atoms with E-state index in [1.165, 1.54) is 11.3 Å². The van der Waals surface area contributed by atoms with Crippen LogP contribution in [0.25, 0.3) is 11.6 Å². The van der Waals surface area contributed by atoms with Gasteiger partial charge in [0.25, 0.3) is 0 Å². The maximum atomic E-state index is 11.6. The standard InChI is InChI=1S/C17H18BrNO3S/c1-19(2)7-8-22-15-6-5-13(18)10-12(15)11-14(17(20)21)16-4-3-9-23-16/h3-6,9-11H,7-8H2,1-2H3,(H,20,21)/b14-11-. The third-order valence-electron chi connectivity index (χ3n) is 3.08. The molecule has 2 aromatic rings. The van der Waals surface area contributed by atoms with Gasteiger partial charge >= 0.3 is 5.97 Å². The number of likely N-dealkylation sites (N-methyl/N-ethyl adjacent to an activating group) is 1. The first kappa shape index (κ1) is 17.7. The normalized spacial score (nSPS) is 11.7. The Bertz CT molecular complexity index is 696. The molecule has 23 heavy (non-hydrogen) atoms. The third-order valence-corrected chi connectivity index (χ3v) is 4.48. The fourth-order valence-electron chi connectivity index (χ4n) is 1.93. The van der Waals surface area contributed by atoms with Crippen LogP contribution < -0.4 is 4.74 Å². The number of nitrogens with zero attached hydrogens (tertiary/aromatic N) is 1. The molecule has 122 valence electrons. The smallest absolute Gasteiger partial charge is 0.337 e. The molecular weight excluding hydrogens is 378 g/mol. The summed E-state index contributed by atoms with van der Waals surface area (Å²) in [6.45, 7) is 1.33. The SMILES string of the molecule is CN(C)CCOc1ccc(Br)cc1/C=C(\C(=O)O)c1cccs1. The molecule has 0 atom stereocenters. The van der Waals surface area contributed by atoms with Crippen molar-refractivity contribution in [3.05, 3.63) is 50.6 Å². The summed E-state index contributed by atoms with van der Waals surface area (Å²) in [6.07, 6.45) is 1.66.